The van der Waals surface area contributed by atoms with Crippen LogP contribution in [0.3, 0.4) is 0 Å². The molecule has 0 fully saturated rings. The lowest BCUT2D eigenvalue weighted by molar-refractivity contribution is 0.629. The van der Waals surface area contributed by atoms with Gasteiger partial charge in [0.2, 0.25) is 0 Å². The zero-order valence-electron chi connectivity index (χ0n) is 15.1. The van der Waals surface area contributed by atoms with Gasteiger partial charge in [0, 0.05) is 0 Å². The summed E-state index contributed by atoms with van der Waals surface area (Å²) >= 11 is 11.1. The van der Waals surface area contributed by atoms with Crippen LogP contribution in [0, 0.1) is 5.82 Å². The molecule has 0 radical (unpaired) electrons. The Morgan fingerprint density at radius 1 is 1.13 bits per heavy atom. The molecule has 0 saturated heterocycles. The fourth-order valence-corrected chi connectivity index (χ4v) is 3.93. The highest BCUT2D eigenvalue weighted by Gasteiger charge is 2.24. The van der Waals surface area contributed by atoms with Gasteiger partial charge in [0.05, 0.1) is 33.6 Å². The summed E-state index contributed by atoms with van der Waals surface area (Å²) in [6.07, 6.45) is 2.87. The number of hydrogen-bond acceptors (Lipinski definition) is 6. The van der Waals surface area contributed by atoms with Gasteiger partial charge in [0.25, 0.3) is 5.56 Å². The van der Waals surface area contributed by atoms with Crippen LogP contribution in [0.25, 0.3) is 27.8 Å². The summed E-state index contributed by atoms with van der Waals surface area (Å²) in [5.41, 5.74) is 1.83. The molecule has 5 aromatic rings. The molecular formula is C20H12ClFN6OS. The van der Waals surface area contributed by atoms with E-state index < -0.39 is 16.6 Å². The summed E-state index contributed by atoms with van der Waals surface area (Å²) < 4.78 is 15.2. The monoisotopic (exact) mass is 438 g/mol. The maximum Gasteiger partial charge on any atom is 0.266 e. The predicted octanol–water partition coefficient (Wildman–Crippen LogP) is 3.86. The van der Waals surface area contributed by atoms with Crippen molar-refractivity contribution < 1.29 is 4.39 Å². The SMILES string of the molecule is O=c1c2cc(F)ccc2nc(C(S)c2ncnc3nc[nH]c23)n1-c1ccccc1Cl. The maximum atomic E-state index is 13.8. The Bertz CT molecular complexity index is 1480. The Morgan fingerprint density at radius 3 is 2.80 bits per heavy atom. The van der Waals surface area contributed by atoms with Crippen LogP contribution in [0.15, 0.2) is 59.9 Å². The predicted molar refractivity (Wildman–Crippen MR) is 115 cm³/mol. The highest BCUT2D eigenvalue weighted by atomic mass is 35.5. The van der Waals surface area contributed by atoms with Crippen LogP contribution in [-0.2, 0) is 0 Å². The molecule has 1 unspecified atom stereocenters. The Labute approximate surface area is 179 Å². The van der Waals surface area contributed by atoms with Crippen LogP contribution < -0.4 is 5.56 Å². The van der Waals surface area contributed by atoms with Gasteiger partial charge in [-0.25, -0.2) is 24.3 Å². The molecule has 2 aromatic carbocycles. The number of benzene rings is 2. The van der Waals surface area contributed by atoms with Crippen LogP contribution in [0.1, 0.15) is 16.8 Å². The summed E-state index contributed by atoms with van der Waals surface area (Å²) in [7, 11) is 0. The highest BCUT2D eigenvalue weighted by molar-refractivity contribution is 7.80. The third-order valence-corrected chi connectivity index (χ3v) is 5.50. The summed E-state index contributed by atoms with van der Waals surface area (Å²) in [6.45, 7) is 0. The van der Waals surface area contributed by atoms with Crippen molar-refractivity contribution in [3.63, 3.8) is 0 Å². The van der Waals surface area contributed by atoms with E-state index in [1.165, 1.54) is 29.4 Å². The fourth-order valence-electron chi connectivity index (χ4n) is 3.34. The average molecular weight is 439 g/mol. The number of thiol groups is 1. The van der Waals surface area contributed by atoms with Gasteiger partial charge in [0.1, 0.15) is 28.7 Å². The molecule has 0 saturated carbocycles. The molecule has 1 atom stereocenters. The van der Waals surface area contributed by atoms with E-state index in [4.69, 9.17) is 24.2 Å². The molecule has 5 rings (SSSR count). The third-order valence-electron chi connectivity index (χ3n) is 4.71. The smallest absolute Gasteiger partial charge is 0.266 e. The van der Waals surface area contributed by atoms with E-state index in [9.17, 15) is 9.18 Å². The third kappa shape index (κ3) is 2.94. The van der Waals surface area contributed by atoms with E-state index in [1.807, 2.05) is 0 Å². The quantitative estimate of drug-likeness (QED) is 0.417. The minimum Gasteiger partial charge on any atom is -0.342 e. The average Bonchev–Trinajstić information content (AvgIpc) is 3.23. The van der Waals surface area contributed by atoms with Gasteiger partial charge in [-0.1, -0.05) is 23.7 Å². The lowest BCUT2D eigenvalue weighted by Crippen LogP contribution is -2.25. The van der Waals surface area contributed by atoms with Gasteiger partial charge >= 0.3 is 0 Å². The Kier molecular flexibility index (Phi) is 4.48. The minimum absolute atomic E-state index is 0.133. The Morgan fingerprint density at radius 2 is 1.97 bits per heavy atom. The number of hydrogen-bond donors (Lipinski definition) is 2. The van der Waals surface area contributed by atoms with Crippen LogP contribution in [0.5, 0.6) is 0 Å². The lowest BCUT2D eigenvalue weighted by atomic mass is 10.2. The first-order valence-corrected chi connectivity index (χ1v) is 9.73. The number of halogens is 2. The summed E-state index contributed by atoms with van der Waals surface area (Å²) in [5.74, 6) is -0.248. The second-order valence-electron chi connectivity index (χ2n) is 6.49. The molecular weight excluding hydrogens is 427 g/mol. The normalized spacial score (nSPS) is 12.5. The first-order valence-electron chi connectivity index (χ1n) is 8.84. The van der Waals surface area contributed by atoms with Crippen molar-refractivity contribution in [1.29, 1.82) is 0 Å². The first kappa shape index (κ1) is 18.7. The molecule has 3 aromatic heterocycles. The van der Waals surface area contributed by atoms with Crippen molar-refractivity contribution in [2.75, 3.05) is 0 Å². The topological polar surface area (TPSA) is 89.3 Å². The standard InChI is InChI=1S/C20H12ClFN6OS/c21-12-3-1-2-4-14(12)28-19(27-13-6-5-10(22)7-11(13)20(28)29)17(30)15-16-18(25-8-23-15)26-9-24-16/h1-9,17,30H,(H,23,24,25,26). The van der Waals surface area contributed by atoms with Gasteiger partial charge < -0.3 is 4.98 Å². The van der Waals surface area contributed by atoms with E-state index in [2.05, 4.69) is 24.9 Å². The Balaban J connectivity index is 1.86. The molecule has 30 heavy (non-hydrogen) atoms. The molecule has 148 valence electrons. The van der Waals surface area contributed by atoms with E-state index in [-0.39, 0.29) is 11.2 Å². The number of H-pyrrole nitrogens is 1. The number of nitrogens with one attached hydrogen (secondary N) is 1. The number of aromatic amines is 1. The molecule has 3 heterocycles. The molecule has 0 amide bonds. The lowest BCUT2D eigenvalue weighted by Gasteiger charge is -2.18. The molecule has 0 aliphatic carbocycles. The molecule has 7 nitrogen and oxygen atoms in total. The molecule has 0 spiro atoms. The van der Waals surface area contributed by atoms with Crippen molar-refractivity contribution in [1.82, 2.24) is 29.5 Å². The van der Waals surface area contributed by atoms with E-state index in [0.29, 0.717) is 33.1 Å². The maximum absolute atomic E-state index is 13.8. The van der Waals surface area contributed by atoms with Crippen LogP contribution in [0.2, 0.25) is 5.02 Å². The summed E-state index contributed by atoms with van der Waals surface area (Å²) in [6, 6.07) is 10.7. The number of fused-ring (bicyclic) bond motifs is 2. The number of imidazole rings is 1. The summed E-state index contributed by atoms with van der Waals surface area (Å²) in [4.78, 5) is 33.6. The van der Waals surface area contributed by atoms with Crippen LogP contribution in [0.4, 0.5) is 4.39 Å². The molecule has 0 bridgehead atoms. The van der Waals surface area contributed by atoms with E-state index in [0.717, 1.165) is 6.07 Å². The highest BCUT2D eigenvalue weighted by Crippen LogP contribution is 2.32. The second-order valence-corrected chi connectivity index (χ2v) is 7.41. The van der Waals surface area contributed by atoms with Crippen molar-refractivity contribution >= 4 is 46.3 Å². The van der Waals surface area contributed by atoms with E-state index in [1.54, 1.807) is 24.3 Å². The number of nitrogens with zero attached hydrogens (tertiary/aromatic N) is 5. The molecule has 1 N–H and O–H groups in total. The van der Waals surface area contributed by atoms with Crippen molar-refractivity contribution in [2.45, 2.75) is 5.25 Å². The van der Waals surface area contributed by atoms with Gasteiger partial charge in [-0.2, -0.15) is 12.6 Å². The number of para-hydroxylation sites is 1. The fraction of sp³-hybridized carbons (Fsp3) is 0.0500. The van der Waals surface area contributed by atoms with Crippen molar-refractivity contribution in [3.8, 4) is 5.69 Å². The molecule has 10 heteroatoms. The number of rotatable bonds is 3. The molecule has 0 aliphatic rings. The van der Waals surface area contributed by atoms with Gasteiger partial charge in [-0.05, 0) is 30.3 Å². The largest absolute Gasteiger partial charge is 0.342 e. The minimum atomic E-state index is -0.727. The van der Waals surface area contributed by atoms with E-state index >= 15 is 0 Å². The van der Waals surface area contributed by atoms with Crippen LogP contribution in [-0.4, -0.2) is 29.5 Å². The van der Waals surface area contributed by atoms with Crippen LogP contribution >= 0.6 is 24.2 Å². The van der Waals surface area contributed by atoms with Gasteiger partial charge in [0.15, 0.2) is 5.65 Å². The zero-order chi connectivity index (χ0) is 20.8. The second kappa shape index (κ2) is 7.19. The number of aromatic nitrogens is 6. The van der Waals surface area contributed by atoms with Gasteiger partial charge in [-0.15, -0.1) is 0 Å². The Hall–Kier alpha value is -3.30. The molecule has 0 aliphatic heterocycles. The first-order chi connectivity index (χ1) is 14.5. The summed E-state index contributed by atoms with van der Waals surface area (Å²) in [5, 5.41) is -0.253. The van der Waals surface area contributed by atoms with Crippen molar-refractivity contribution in [2.24, 2.45) is 0 Å². The zero-order valence-corrected chi connectivity index (χ0v) is 16.8. The van der Waals surface area contributed by atoms with Gasteiger partial charge in [-0.3, -0.25) is 9.36 Å². The van der Waals surface area contributed by atoms with Crippen molar-refractivity contribution in [3.05, 3.63) is 87.8 Å².